The molecule has 4 heteroatoms. The quantitative estimate of drug-likeness (QED) is 0.895. The summed E-state index contributed by atoms with van der Waals surface area (Å²) in [6.07, 6.45) is 1.79. The highest BCUT2D eigenvalue weighted by atomic mass is 16.5. The van der Waals surface area contributed by atoms with Crippen molar-refractivity contribution in [3.05, 3.63) is 47.8 Å². The highest BCUT2D eigenvalue weighted by Crippen LogP contribution is 2.27. The Balaban J connectivity index is 2.10. The molecular weight excluding hydrogens is 240 g/mol. The average Bonchev–Trinajstić information content (AvgIpc) is 2.46. The molecule has 1 N–H and O–H groups in total. The molecule has 2 rings (SSSR count). The van der Waals surface area contributed by atoms with Crippen molar-refractivity contribution in [3.8, 4) is 11.5 Å². The van der Waals surface area contributed by atoms with Crippen molar-refractivity contribution in [2.45, 2.75) is 13.5 Å². The van der Waals surface area contributed by atoms with Crippen molar-refractivity contribution < 1.29 is 9.47 Å². The summed E-state index contributed by atoms with van der Waals surface area (Å²) in [7, 11) is 3.27. The minimum absolute atomic E-state index is 0.715. The fourth-order valence-corrected chi connectivity index (χ4v) is 1.86. The summed E-state index contributed by atoms with van der Waals surface area (Å²) in [5.41, 5.74) is 3.15. The molecule has 0 radical (unpaired) electrons. The predicted molar refractivity (Wildman–Crippen MR) is 75.8 cm³/mol. The van der Waals surface area contributed by atoms with E-state index in [1.165, 1.54) is 0 Å². The van der Waals surface area contributed by atoms with Gasteiger partial charge < -0.3 is 14.8 Å². The molecule has 0 aliphatic carbocycles. The lowest BCUT2D eigenvalue weighted by Gasteiger charge is -2.11. The van der Waals surface area contributed by atoms with E-state index in [0.29, 0.717) is 6.54 Å². The lowest BCUT2D eigenvalue weighted by Crippen LogP contribution is -2.02. The molecule has 2 aromatic rings. The molecule has 1 heterocycles. The van der Waals surface area contributed by atoms with Gasteiger partial charge in [-0.3, -0.25) is 4.98 Å². The molecule has 0 fully saturated rings. The number of nitrogens with one attached hydrogen (secondary N) is 1. The largest absolute Gasteiger partial charge is 0.493 e. The fourth-order valence-electron chi connectivity index (χ4n) is 1.86. The van der Waals surface area contributed by atoms with Gasteiger partial charge in [0.25, 0.3) is 0 Å². The molecular formula is C15H18N2O2. The summed E-state index contributed by atoms with van der Waals surface area (Å²) in [6, 6.07) is 9.83. The van der Waals surface area contributed by atoms with Gasteiger partial charge in [-0.15, -0.1) is 0 Å². The number of nitrogens with zero attached hydrogens (tertiary/aromatic N) is 1. The Morgan fingerprint density at radius 3 is 2.58 bits per heavy atom. The highest BCUT2D eigenvalue weighted by Gasteiger charge is 2.05. The van der Waals surface area contributed by atoms with Crippen LogP contribution in [-0.2, 0) is 6.54 Å². The van der Waals surface area contributed by atoms with Crippen molar-refractivity contribution in [1.82, 2.24) is 4.98 Å². The third kappa shape index (κ3) is 3.16. The number of aromatic nitrogens is 1. The summed E-state index contributed by atoms with van der Waals surface area (Å²) < 4.78 is 10.5. The van der Waals surface area contributed by atoms with Gasteiger partial charge in [-0.05, 0) is 36.8 Å². The third-order valence-corrected chi connectivity index (χ3v) is 2.94. The van der Waals surface area contributed by atoms with E-state index < -0.39 is 0 Å². The van der Waals surface area contributed by atoms with Crippen LogP contribution < -0.4 is 14.8 Å². The van der Waals surface area contributed by atoms with Gasteiger partial charge in [-0.2, -0.15) is 0 Å². The number of hydrogen-bond acceptors (Lipinski definition) is 4. The van der Waals surface area contributed by atoms with Gasteiger partial charge in [0.1, 0.15) is 0 Å². The number of aryl methyl sites for hydroxylation is 1. The van der Waals surface area contributed by atoms with Crippen molar-refractivity contribution in [2.24, 2.45) is 0 Å². The summed E-state index contributed by atoms with van der Waals surface area (Å²) in [5.74, 6) is 1.48. The highest BCUT2D eigenvalue weighted by molar-refractivity contribution is 5.48. The summed E-state index contributed by atoms with van der Waals surface area (Å²) in [5, 5.41) is 3.36. The number of ether oxygens (including phenoxy) is 2. The van der Waals surface area contributed by atoms with E-state index in [0.717, 1.165) is 28.4 Å². The van der Waals surface area contributed by atoms with Crippen LogP contribution in [0.15, 0.2) is 36.5 Å². The number of methoxy groups -OCH3 is 2. The van der Waals surface area contributed by atoms with Gasteiger partial charge in [-0.1, -0.05) is 6.07 Å². The molecule has 4 nitrogen and oxygen atoms in total. The molecule has 0 unspecified atom stereocenters. The monoisotopic (exact) mass is 258 g/mol. The van der Waals surface area contributed by atoms with E-state index in [1.807, 2.05) is 37.3 Å². The molecule has 100 valence electrons. The third-order valence-electron chi connectivity index (χ3n) is 2.94. The van der Waals surface area contributed by atoms with Gasteiger partial charge >= 0.3 is 0 Å². The molecule has 0 saturated carbocycles. The molecule has 0 bridgehead atoms. The zero-order valence-electron chi connectivity index (χ0n) is 11.4. The number of benzene rings is 1. The molecule has 0 aliphatic heterocycles. The van der Waals surface area contributed by atoms with E-state index in [9.17, 15) is 0 Å². The smallest absolute Gasteiger partial charge is 0.161 e. The minimum Gasteiger partial charge on any atom is -0.493 e. The van der Waals surface area contributed by atoms with Crippen LogP contribution in [0, 0.1) is 6.92 Å². The Morgan fingerprint density at radius 2 is 1.89 bits per heavy atom. The first-order valence-corrected chi connectivity index (χ1v) is 6.11. The van der Waals surface area contributed by atoms with Crippen LogP contribution in [0.4, 0.5) is 5.69 Å². The number of pyridine rings is 1. The molecule has 0 spiro atoms. The normalized spacial score (nSPS) is 10.1. The number of rotatable bonds is 5. The molecule has 1 aromatic heterocycles. The maximum absolute atomic E-state index is 5.29. The Hall–Kier alpha value is -2.23. The Labute approximate surface area is 113 Å². The summed E-state index contributed by atoms with van der Waals surface area (Å²) in [4.78, 5) is 4.25. The van der Waals surface area contributed by atoms with E-state index in [2.05, 4.69) is 10.3 Å². The van der Waals surface area contributed by atoms with Crippen LogP contribution in [0.1, 0.15) is 11.3 Å². The van der Waals surface area contributed by atoms with Crippen LogP contribution in [0.3, 0.4) is 0 Å². The minimum atomic E-state index is 0.715. The van der Waals surface area contributed by atoms with Crippen LogP contribution in [0.2, 0.25) is 0 Å². The van der Waals surface area contributed by atoms with Crippen LogP contribution >= 0.6 is 0 Å². The standard InChI is InChI=1S/C15H18N2O2/c1-11-13(5-4-8-16-11)17-10-12-6-7-14(18-2)15(9-12)19-3/h4-9,17H,10H2,1-3H3. The number of anilines is 1. The van der Waals surface area contributed by atoms with Crippen LogP contribution in [0.25, 0.3) is 0 Å². The molecule has 0 amide bonds. The maximum Gasteiger partial charge on any atom is 0.161 e. The maximum atomic E-state index is 5.29. The van der Waals surface area contributed by atoms with Gasteiger partial charge in [-0.25, -0.2) is 0 Å². The second-order valence-corrected chi connectivity index (χ2v) is 4.18. The lowest BCUT2D eigenvalue weighted by atomic mass is 10.2. The topological polar surface area (TPSA) is 43.4 Å². The van der Waals surface area contributed by atoms with Gasteiger partial charge in [0.2, 0.25) is 0 Å². The molecule has 19 heavy (non-hydrogen) atoms. The van der Waals surface area contributed by atoms with Crippen molar-refractivity contribution >= 4 is 5.69 Å². The fraction of sp³-hybridized carbons (Fsp3) is 0.267. The first-order chi connectivity index (χ1) is 9.24. The first kappa shape index (κ1) is 13.2. The number of hydrogen-bond donors (Lipinski definition) is 1. The van der Waals surface area contributed by atoms with E-state index in [-0.39, 0.29) is 0 Å². The Bertz CT molecular complexity index is 556. The summed E-state index contributed by atoms with van der Waals surface area (Å²) in [6.45, 7) is 2.70. The van der Waals surface area contributed by atoms with E-state index in [1.54, 1.807) is 20.4 Å². The molecule has 0 saturated heterocycles. The Morgan fingerprint density at radius 1 is 1.11 bits per heavy atom. The Kier molecular flexibility index (Phi) is 4.23. The summed E-state index contributed by atoms with van der Waals surface area (Å²) >= 11 is 0. The zero-order valence-corrected chi connectivity index (χ0v) is 11.4. The van der Waals surface area contributed by atoms with E-state index >= 15 is 0 Å². The SMILES string of the molecule is COc1ccc(CNc2cccnc2C)cc1OC. The van der Waals surface area contributed by atoms with Crippen LogP contribution in [0.5, 0.6) is 11.5 Å². The van der Waals surface area contributed by atoms with Crippen LogP contribution in [-0.4, -0.2) is 19.2 Å². The zero-order chi connectivity index (χ0) is 13.7. The lowest BCUT2D eigenvalue weighted by molar-refractivity contribution is 0.354. The predicted octanol–water partition coefficient (Wildman–Crippen LogP) is 3.02. The van der Waals surface area contributed by atoms with Gasteiger partial charge in [0, 0.05) is 12.7 Å². The van der Waals surface area contributed by atoms with Crippen molar-refractivity contribution in [1.29, 1.82) is 0 Å². The average molecular weight is 258 g/mol. The van der Waals surface area contributed by atoms with E-state index in [4.69, 9.17) is 9.47 Å². The van der Waals surface area contributed by atoms with Crippen molar-refractivity contribution in [2.75, 3.05) is 19.5 Å². The van der Waals surface area contributed by atoms with Gasteiger partial charge in [0.15, 0.2) is 11.5 Å². The molecule has 1 aromatic carbocycles. The van der Waals surface area contributed by atoms with Gasteiger partial charge in [0.05, 0.1) is 25.6 Å². The second kappa shape index (κ2) is 6.09. The first-order valence-electron chi connectivity index (χ1n) is 6.11. The second-order valence-electron chi connectivity index (χ2n) is 4.18. The molecule has 0 aliphatic rings. The molecule has 0 atom stereocenters. The van der Waals surface area contributed by atoms with Crippen molar-refractivity contribution in [3.63, 3.8) is 0 Å².